The second kappa shape index (κ2) is 9.90. The highest BCUT2D eigenvalue weighted by molar-refractivity contribution is 6.31. The normalized spacial score (nSPS) is 10.6. The molecular formula is C23H20Cl2FNO4. The van der Waals surface area contributed by atoms with Gasteiger partial charge in [0.05, 0.1) is 17.7 Å². The van der Waals surface area contributed by atoms with Crippen LogP contribution in [-0.2, 0) is 13.2 Å². The fourth-order valence-corrected chi connectivity index (χ4v) is 3.43. The maximum Gasteiger partial charge on any atom is 0.335 e. The summed E-state index contributed by atoms with van der Waals surface area (Å²) in [6.07, 6.45) is 0. The highest BCUT2D eigenvalue weighted by atomic mass is 35.5. The van der Waals surface area contributed by atoms with Gasteiger partial charge in [-0.25, -0.2) is 9.18 Å². The molecule has 0 aliphatic heterocycles. The lowest BCUT2D eigenvalue weighted by atomic mass is 10.1. The van der Waals surface area contributed by atoms with Crippen molar-refractivity contribution >= 4 is 34.9 Å². The third kappa shape index (κ3) is 5.40. The maximum absolute atomic E-state index is 14.0. The zero-order chi connectivity index (χ0) is 22.5. The van der Waals surface area contributed by atoms with Crippen LogP contribution in [0.2, 0.25) is 10.0 Å². The largest absolute Gasteiger partial charge is 0.493 e. The minimum absolute atomic E-state index is 0.0785. The number of hydrogen-bond donors (Lipinski definition) is 2. The molecule has 0 spiro atoms. The lowest BCUT2D eigenvalue weighted by molar-refractivity contribution is 0.0697. The molecule has 5 nitrogen and oxygen atoms in total. The molecule has 0 heterocycles. The summed E-state index contributed by atoms with van der Waals surface area (Å²) in [4.78, 5) is 11.1. The molecule has 0 aromatic heterocycles. The average Bonchev–Trinajstić information content (AvgIpc) is 2.73. The van der Waals surface area contributed by atoms with Crippen LogP contribution in [0.1, 0.15) is 27.0 Å². The van der Waals surface area contributed by atoms with Gasteiger partial charge >= 0.3 is 5.97 Å². The first kappa shape index (κ1) is 22.7. The molecule has 3 aromatic carbocycles. The molecule has 31 heavy (non-hydrogen) atoms. The van der Waals surface area contributed by atoms with E-state index in [2.05, 4.69) is 5.32 Å². The number of anilines is 1. The molecule has 0 saturated carbocycles. The molecule has 3 rings (SSSR count). The number of hydrogen-bond acceptors (Lipinski definition) is 4. The standard InChI is InChI=1S/C23H20Cl2FNO4/c1-13-8-14(23(28)29)6-7-20(13)27-11-15-9-21(30-2)22(10-18(15)25)31-12-16-17(24)4-3-5-19(16)26/h3-10,27H,11-12H2,1-2H3,(H,28,29). The van der Waals surface area contributed by atoms with Crippen molar-refractivity contribution in [2.75, 3.05) is 12.4 Å². The number of halogens is 3. The number of nitrogens with one attached hydrogen (secondary N) is 1. The van der Waals surface area contributed by atoms with Crippen LogP contribution >= 0.6 is 23.2 Å². The topological polar surface area (TPSA) is 67.8 Å². The number of benzene rings is 3. The highest BCUT2D eigenvalue weighted by Crippen LogP contribution is 2.35. The second-order valence-electron chi connectivity index (χ2n) is 6.77. The number of rotatable bonds is 8. The quantitative estimate of drug-likeness (QED) is 0.407. The molecular weight excluding hydrogens is 444 g/mol. The number of ether oxygens (including phenoxy) is 2. The number of carboxylic acid groups (broad SMARTS) is 1. The number of carbonyl (C=O) groups is 1. The monoisotopic (exact) mass is 463 g/mol. The van der Waals surface area contributed by atoms with Crippen molar-refractivity contribution in [3.63, 3.8) is 0 Å². The van der Waals surface area contributed by atoms with E-state index in [0.717, 1.165) is 16.8 Å². The van der Waals surface area contributed by atoms with Crippen LogP contribution in [0.15, 0.2) is 48.5 Å². The molecule has 0 radical (unpaired) electrons. The third-order valence-corrected chi connectivity index (χ3v) is 5.41. The van der Waals surface area contributed by atoms with Crippen molar-refractivity contribution in [2.24, 2.45) is 0 Å². The van der Waals surface area contributed by atoms with Crippen molar-refractivity contribution in [2.45, 2.75) is 20.1 Å². The maximum atomic E-state index is 14.0. The van der Waals surface area contributed by atoms with E-state index < -0.39 is 11.8 Å². The SMILES string of the molecule is COc1cc(CNc2ccc(C(=O)O)cc2C)c(Cl)cc1OCc1c(F)cccc1Cl. The first-order chi connectivity index (χ1) is 14.8. The Morgan fingerprint density at radius 1 is 1.10 bits per heavy atom. The fourth-order valence-electron chi connectivity index (χ4n) is 2.99. The van der Waals surface area contributed by atoms with Gasteiger partial charge in [-0.3, -0.25) is 0 Å². The molecule has 0 aliphatic carbocycles. The van der Waals surface area contributed by atoms with Gasteiger partial charge in [-0.15, -0.1) is 0 Å². The van der Waals surface area contributed by atoms with E-state index in [9.17, 15) is 9.18 Å². The summed E-state index contributed by atoms with van der Waals surface area (Å²) in [5.41, 5.74) is 2.79. The van der Waals surface area contributed by atoms with E-state index in [1.54, 1.807) is 30.3 Å². The van der Waals surface area contributed by atoms with Crippen LogP contribution in [0, 0.1) is 12.7 Å². The van der Waals surface area contributed by atoms with Gasteiger partial charge < -0.3 is 19.9 Å². The molecule has 0 fully saturated rings. The lowest BCUT2D eigenvalue weighted by Crippen LogP contribution is -2.05. The highest BCUT2D eigenvalue weighted by Gasteiger charge is 2.14. The first-order valence-electron chi connectivity index (χ1n) is 9.30. The molecule has 3 aromatic rings. The molecule has 0 amide bonds. The van der Waals surface area contributed by atoms with E-state index in [1.165, 1.54) is 25.3 Å². The van der Waals surface area contributed by atoms with Gasteiger partial charge in [-0.2, -0.15) is 0 Å². The third-order valence-electron chi connectivity index (χ3n) is 4.71. The van der Waals surface area contributed by atoms with E-state index in [-0.39, 0.29) is 22.8 Å². The van der Waals surface area contributed by atoms with Gasteiger partial charge in [-0.05, 0) is 54.4 Å². The van der Waals surface area contributed by atoms with Crippen LogP contribution < -0.4 is 14.8 Å². The Kier molecular flexibility index (Phi) is 7.25. The molecule has 0 aliphatic rings. The number of carboxylic acids is 1. The van der Waals surface area contributed by atoms with Crippen LogP contribution in [-0.4, -0.2) is 18.2 Å². The van der Waals surface area contributed by atoms with Crippen molar-refractivity contribution in [1.29, 1.82) is 0 Å². The summed E-state index contributed by atoms with van der Waals surface area (Å²) in [6, 6.07) is 12.6. The van der Waals surface area contributed by atoms with Crippen molar-refractivity contribution in [3.05, 3.63) is 86.6 Å². The molecule has 0 atom stereocenters. The molecule has 8 heteroatoms. The number of aromatic carboxylic acids is 1. The summed E-state index contributed by atoms with van der Waals surface area (Å²) >= 11 is 12.5. The van der Waals surface area contributed by atoms with Crippen molar-refractivity contribution in [3.8, 4) is 11.5 Å². The Hall–Kier alpha value is -2.96. The Morgan fingerprint density at radius 3 is 2.52 bits per heavy atom. The minimum atomic E-state index is -0.977. The molecule has 162 valence electrons. The van der Waals surface area contributed by atoms with Gasteiger partial charge in [0.25, 0.3) is 0 Å². The Bertz CT molecular complexity index is 1100. The summed E-state index contributed by atoms with van der Waals surface area (Å²) < 4.78 is 25.1. The average molecular weight is 464 g/mol. The van der Waals surface area contributed by atoms with Crippen LogP contribution in [0.3, 0.4) is 0 Å². The predicted octanol–water partition coefficient (Wildman–Crippen LogP) is 6.34. The molecule has 0 unspecified atom stereocenters. The van der Waals surface area contributed by atoms with Gasteiger partial charge in [0.1, 0.15) is 12.4 Å². The van der Waals surface area contributed by atoms with Crippen LogP contribution in [0.4, 0.5) is 10.1 Å². The van der Waals surface area contributed by atoms with E-state index in [1.807, 2.05) is 6.92 Å². The summed E-state index contributed by atoms with van der Waals surface area (Å²) in [5.74, 6) is -0.637. The van der Waals surface area contributed by atoms with E-state index >= 15 is 0 Å². The smallest absolute Gasteiger partial charge is 0.335 e. The van der Waals surface area contributed by atoms with Gasteiger partial charge in [0, 0.05) is 28.9 Å². The van der Waals surface area contributed by atoms with Crippen molar-refractivity contribution < 1.29 is 23.8 Å². The lowest BCUT2D eigenvalue weighted by Gasteiger charge is -2.16. The predicted molar refractivity (Wildman–Crippen MR) is 119 cm³/mol. The van der Waals surface area contributed by atoms with E-state index in [4.69, 9.17) is 37.8 Å². The summed E-state index contributed by atoms with van der Waals surface area (Å²) in [5, 5.41) is 13.0. The van der Waals surface area contributed by atoms with Crippen LogP contribution in [0.25, 0.3) is 0 Å². The molecule has 0 bridgehead atoms. The first-order valence-corrected chi connectivity index (χ1v) is 10.1. The zero-order valence-corrected chi connectivity index (χ0v) is 18.4. The number of methoxy groups -OCH3 is 1. The van der Waals surface area contributed by atoms with Crippen molar-refractivity contribution in [1.82, 2.24) is 0 Å². The van der Waals surface area contributed by atoms with Gasteiger partial charge in [0.2, 0.25) is 0 Å². The van der Waals surface area contributed by atoms with Gasteiger partial charge in [-0.1, -0.05) is 29.3 Å². The summed E-state index contributed by atoms with van der Waals surface area (Å²) in [7, 11) is 1.50. The molecule has 0 saturated heterocycles. The van der Waals surface area contributed by atoms with Crippen LogP contribution in [0.5, 0.6) is 11.5 Å². The minimum Gasteiger partial charge on any atom is -0.493 e. The second-order valence-corrected chi connectivity index (χ2v) is 7.59. The summed E-state index contributed by atoms with van der Waals surface area (Å²) in [6.45, 7) is 2.12. The Labute approximate surface area is 189 Å². The van der Waals surface area contributed by atoms with E-state index in [0.29, 0.717) is 23.1 Å². The number of aryl methyl sites for hydroxylation is 1. The Morgan fingerprint density at radius 2 is 1.87 bits per heavy atom. The Balaban J connectivity index is 1.75. The zero-order valence-electron chi connectivity index (χ0n) is 16.8. The molecule has 2 N–H and O–H groups in total. The van der Waals surface area contributed by atoms with Gasteiger partial charge in [0.15, 0.2) is 11.5 Å². The fraction of sp³-hybridized carbons (Fsp3) is 0.174.